The molecule has 3 nitrogen and oxygen atoms in total. The monoisotopic (exact) mass is 209 g/mol. The quantitative estimate of drug-likeness (QED) is 0.701. The molecule has 0 atom stereocenters. The molecule has 0 saturated heterocycles. The zero-order chi connectivity index (χ0) is 11.1. The second-order valence-electron chi connectivity index (χ2n) is 3.51. The molecule has 3 heteroatoms. The molecule has 0 fully saturated rings. The number of anilines is 1. The fourth-order valence-electron chi connectivity index (χ4n) is 1.37. The van der Waals surface area contributed by atoms with Crippen LogP contribution < -0.4 is 5.32 Å². The van der Waals surface area contributed by atoms with Crippen molar-refractivity contribution in [2.75, 3.05) is 31.7 Å². The maximum absolute atomic E-state index is 8.52. The molecule has 0 aliphatic carbocycles. The Kier molecular flexibility index (Phi) is 5.15. The first kappa shape index (κ1) is 12.0. The van der Waals surface area contributed by atoms with E-state index in [0.717, 1.165) is 12.2 Å². The number of rotatable bonds is 6. The predicted octanol–water partition coefficient (Wildman–Crippen LogP) is 1.72. The number of hydrogen-bond donors (Lipinski definition) is 2. The van der Waals surface area contributed by atoms with Gasteiger partial charge in [0.1, 0.15) is 0 Å². The first-order chi connectivity index (χ1) is 7.25. The second kappa shape index (κ2) is 6.43. The number of ether oxygens (including phenoxy) is 1. The van der Waals surface area contributed by atoms with Crippen molar-refractivity contribution in [1.82, 2.24) is 0 Å². The van der Waals surface area contributed by atoms with Gasteiger partial charge in [-0.05, 0) is 31.0 Å². The number of aliphatic hydroxyl groups is 1. The van der Waals surface area contributed by atoms with Crippen molar-refractivity contribution in [3.8, 4) is 0 Å². The van der Waals surface area contributed by atoms with Gasteiger partial charge in [0.15, 0.2) is 0 Å². The smallest absolute Gasteiger partial charge is 0.0698 e. The fraction of sp³-hybridized carbons (Fsp3) is 0.500. The summed E-state index contributed by atoms with van der Waals surface area (Å²) in [5.74, 6) is 0. The number of hydrogen-bond acceptors (Lipinski definition) is 3. The highest BCUT2D eigenvalue weighted by Crippen LogP contribution is 2.17. The van der Waals surface area contributed by atoms with Gasteiger partial charge in [0.2, 0.25) is 0 Å². The molecule has 1 aromatic rings. The van der Waals surface area contributed by atoms with Gasteiger partial charge in [-0.3, -0.25) is 0 Å². The summed E-state index contributed by atoms with van der Waals surface area (Å²) < 4.78 is 5.16. The lowest BCUT2D eigenvalue weighted by Gasteiger charge is -2.11. The third kappa shape index (κ3) is 3.90. The van der Waals surface area contributed by atoms with Crippen LogP contribution in [0.25, 0.3) is 0 Å². The van der Waals surface area contributed by atoms with Gasteiger partial charge < -0.3 is 15.2 Å². The van der Waals surface area contributed by atoms with Gasteiger partial charge in [0.05, 0.1) is 19.8 Å². The van der Waals surface area contributed by atoms with Crippen LogP contribution in [0.2, 0.25) is 0 Å². The van der Waals surface area contributed by atoms with Crippen molar-refractivity contribution in [3.05, 3.63) is 29.3 Å². The largest absolute Gasteiger partial charge is 0.394 e. The minimum Gasteiger partial charge on any atom is -0.394 e. The summed E-state index contributed by atoms with van der Waals surface area (Å²) in [4.78, 5) is 0. The van der Waals surface area contributed by atoms with Gasteiger partial charge in [-0.15, -0.1) is 0 Å². The number of aliphatic hydroxyl groups excluding tert-OH is 1. The van der Waals surface area contributed by atoms with E-state index in [1.165, 1.54) is 11.1 Å². The zero-order valence-corrected chi connectivity index (χ0v) is 9.42. The van der Waals surface area contributed by atoms with Gasteiger partial charge in [0.25, 0.3) is 0 Å². The molecule has 0 aliphatic heterocycles. The molecule has 0 aliphatic rings. The summed E-state index contributed by atoms with van der Waals surface area (Å²) in [6.45, 7) is 6.09. The van der Waals surface area contributed by atoms with Crippen LogP contribution in [0.5, 0.6) is 0 Å². The van der Waals surface area contributed by atoms with E-state index in [0.29, 0.717) is 13.2 Å². The lowest BCUT2D eigenvalue weighted by Crippen LogP contribution is -2.12. The van der Waals surface area contributed by atoms with Crippen LogP contribution in [-0.4, -0.2) is 31.5 Å². The van der Waals surface area contributed by atoms with Crippen LogP contribution in [0.3, 0.4) is 0 Å². The summed E-state index contributed by atoms with van der Waals surface area (Å²) in [5.41, 5.74) is 3.72. The molecule has 0 saturated carbocycles. The Hall–Kier alpha value is -1.06. The van der Waals surface area contributed by atoms with Crippen molar-refractivity contribution in [3.63, 3.8) is 0 Å². The van der Waals surface area contributed by atoms with Crippen molar-refractivity contribution >= 4 is 5.69 Å². The van der Waals surface area contributed by atoms with Crippen LogP contribution >= 0.6 is 0 Å². The Labute approximate surface area is 91.1 Å². The molecule has 84 valence electrons. The number of nitrogens with one attached hydrogen (secondary N) is 1. The van der Waals surface area contributed by atoms with E-state index in [1.807, 2.05) is 6.07 Å². The average Bonchev–Trinajstić information content (AvgIpc) is 2.24. The first-order valence-corrected chi connectivity index (χ1v) is 5.24. The molecule has 0 unspecified atom stereocenters. The van der Waals surface area contributed by atoms with E-state index >= 15 is 0 Å². The number of aryl methyl sites for hydroxylation is 1. The van der Waals surface area contributed by atoms with Gasteiger partial charge in [-0.1, -0.05) is 12.1 Å². The predicted molar refractivity (Wildman–Crippen MR) is 62.3 cm³/mol. The van der Waals surface area contributed by atoms with E-state index in [-0.39, 0.29) is 6.61 Å². The highest BCUT2D eigenvalue weighted by Gasteiger charge is 1.98. The zero-order valence-electron chi connectivity index (χ0n) is 9.42. The summed E-state index contributed by atoms with van der Waals surface area (Å²) in [6.07, 6.45) is 0. The summed E-state index contributed by atoms with van der Waals surface area (Å²) in [7, 11) is 0. The van der Waals surface area contributed by atoms with Crippen LogP contribution in [-0.2, 0) is 4.74 Å². The lowest BCUT2D eigenvalue weighted by atomic mass is 10.1. The van der Waals surface area contributed by atoms with Crippen molar-refractivity contribution in [2.24, 2.45) is 0 Å². The van der Waals surface area contributed by atoms with Gasteiger partial charge in [-0.25, -0.2) is 0 Å². The third-order valence-electron chi connectivity index (χ3n) is 2.40. The topological polar surface area (TPSA) is 41.5 Å². The highest BCUT2D eigenvalue weighted by molar-refractivity contribution is 5.53. The summed E-state index contributed by atoms with van der Waals surface area (Å²) in [6, 6.07) is 6.20. The van der Waals surface area contributed by atoms with Crippen LogP contribution in [0.1, 0.15) is 11.1 Å². The first-order valence-electron chi connectivity index (χ1n) is 5.24. The van der Waals surface area contributed by atoms with Gasteiger partial charge in [-0.2, -0.15) is 0 Å². The van der Waals surface area contributed by atoms with Crippen LogP contribution in [0.4, 0.5) is 5.69 Å². The molecule has 15 heavy (non-hydrogen) atoms. The molecule has 0 heterocycles. The van der Waals surface area contributed by atoms with Gasteiger partial charge >= 0.3 is 0 Å². The molecule has 2 N–H and O–H groups in total. The van der Waals surface area contributed by atoms with E-state index in [4.69, 9.17) is 9.84 Å². The molecule has 0 bridgehead atoms. The van der Waals surface area contributed by atoms with Crippen molar-refractivity contribution in [2.45, 2.75) is 13.8 Å². The summed E-state index contributed by atoms with van der Waals surface area (Å²) >= 11 is 0. The number of benzene rings is 1. The molecular formula is C12H19NO2. The Morgan fingerprint density at radius 1 is 1.27 bits per heavy atom. The minimum atomic E-state index is 0.0868. The van der Waals surface area contributed by atoms with E-state index in [9.17, 15) is 0 Å². The SMILES string of the molecule is Cc1cccc(NCCOCCO)c1C. The standard InChI is InChI=1S/C12H19NO2/c1-10-4-3-5-12(11(10)2)13-6-8-15-9-7-14/h3-5,13-14H,6-9H2,1-2H3. The minimum absolute atomic E-state index is 0.0868. The molecule has 0 aromatic heterocycles. The molecule has 0 amide bonds. The third-order valence-corrected chi connectivity index (χ3v) is 2.40. The molecule has 1 rings (SSSR count). The normalized spacial score (nSPS) is 10.3. The highest BCUT2D eigenvalue weighted by atomic mass is 16.5. The summed E-state index contributed by atoms with van der Waals surface area (Å²) in [5, 5.41) is 11.8. The Balaban J connectivity index is 2.34. The molecule has 1 aromatic carbocycles. The molecule has 0 spiro atoms. The molecule has 0 radical (unpaired) electrons. The van der Waals surface area contributed by atoms with Crippen LogP contribution in [0, 0.1) is 13.8 Å². The molecular weight excluding hydrogens is 190 g/mol. The van der Waals surface area contributed by atoms with Crippen molar-refractivity contribution in [1.29, 1.82) is 0 Å². The van der Waals surface area contributed by atoms with E-state index in [1.54, 1.807) is 0 Å². The Morgan fingerprint density at radius 2 is 2.07 bits per heavy atom. The van der Waals surface area contributed by atoms with Crippen LogP contribution in [0.15, 0.2) is 18.2 Å². The van der Waals surface area contributed by atoms with Crippen molar-refractivity contribution < 1.29 is 9.84 Å². The van der Waals surface area contributed by atoms with E-state index < -0.39 is 0 Å². The maximum Gasteiger partial charge on any atom is 0.0698 e. The maximum atomic E-state index is 8.52. The fourth-order valence-corrected chi connectivity index (χ4v) is 1.37. The Bertz CT molecular complexity index is 300. The second-order valence-corrected chi connectivity index (χ2v) is 3.51. The Morgan fingerprint density at radius 3 is 2.80 bits per heavy atom. The van der Waals surface area contributed by atoms with E-state index in [2.05, 4.69) is 31.3 Å². The van der Waals surface area contributed by atoms with Gasteiger partial charge in [0, 0.05) is 12.2 Å². The lowest BCUT2D eigenvalue weighted by molar-refractivity contribution is 0.0992. The average molecular weight is 209 g/mol.